The van der Waals surface area contributed by atoms with Crippen LogP contribution in [0.4, 0.5) is 5.69 Å². The van der Waals surface area contributed by atoms with Crippen LogP contribution in [0.25, 0.3) is 61.7 Å². The van der Waals surface area contributed by atoms with Crippen molar-refractivity contribution in [1.29, 1.82) is 0 Å². The zero-order valence-corrected chi connectivity index (χ0v) is 28.3. The lowest BCUT2D eigenvalue weighted by Gasteiger charge is -2.20. The Morgan fingerprint density at radius 3 is 1.73 bits per heavy atom. The van der Waals surface area contributed by atoms with Gasteiger partial charge in [-0.05, 0) is 56.2 Å². The van der Waals surface area contributed by atoms with Crippen LogP contribution in [0.1, 0.15) is 37.4 Å². The Kier molecular flexibility index (Phi) is 6.96. The fourth-order valence-corrected chi connectivity index (χ4v) is 7.58. The Balaban J connectivity index is 1.29. The van der Waals surface area contributed by atoms with Crippen LogP contribution in [-0.4, -0.2) is 31.3 Å². The minimum absolute atomic E-state index is 0.319. The summed E-state index contributed by atoms with van der Waals surface area (Å²) < 4.78 is 2.09. The molecule has 0 aliphatic carbocycles. The van der Waals surface area contributed by atoms with E-state index in [-0.39, 0.29) is 11.8 Å². The summed E-state index contributed by atoms with van der Waals surface area (Å²) in [6.07, 6.45) is 0. The van der Waals surface area contributed by atoms with Gasteiger partial charge in [0.15, 0.2) is 17.5 Å². The van der Waals surface area contributed by atoms with Crippen LogP contribution < -0.4 is 4.90 Å². The van der Waals surface area contributed by atoms with Gasteiger partial charge in [-0.1, -0.05) is 115 Å². The van der Waals surface area contributed by atoms with Gasteiger partial charge in [-0.3, -0.25) is 9.59 Å². The van der Waals surface area contributed by atoms with E-state index in [1.165, 1.54) is 4.90 Å². The van der Waals surface area contributed by atoms with Gasteiger partial charge in [0, 0.05) is 27.5 Å². The van der Waals surface area contributed by atoms with Crippen LogP contribution in [0, 0.1) is 20.8 Å². The number of anilines is 1. The average molecular weight is 662 g/mol. The summed E-state index contributed by atoms with van der Waals surface area (Å²) in [6.45, 7) is 5.91. The van der Waals surface area contributed by atoms with Crippen molar-refractivity contribution in [3.05, 3.63) is 161 Å². The summed E-state index contributed by atoms with van der Waals surface area (Å²) in [5, 5.41) is 1.91. The smallest absolute Gasteiger partial charge is 0.268 e. The Labute approximate surface area is 294 Å². The molecule has 6 aromatic carbocycles. The van der Waals surface area contributed by atoms with Crippen LogP contribution in [-0.2, 0) is 0 Å². The summed E-state index contributed by atoms with van der Waals surface area (Å²) in [5.74, 6) is 1.04. The van der Waals surface area contributed by atoms with E-state index in [0.29, 0.717) is 40.0 Å². The summed E-state index contributed by atoms with van der Waals surface area (Å²) in [6, 6.07) is 43.6. The standard InChI is InChI=1S/C44H31N5O2/c1-26-24-27(2)39(28(3)25-26)49-43(50)33-20-13-23-36(38(33)44(49)51)48-34-21-11-10-18-31(34)37-32(19-12-22-35(37)48)42-46-40(29-14-6-4-7-15-29)45-41(47-42)30-16-8-5-9-17-30/h4-25H,1-3H3. The predicted octanol–water partition coefficient (Wildman–Crippen LogP) is 9.70. The van der Waals surface area contributed by atoms with Gasteiger partial charge in [-0.2, -0.15) is 0 Å². The molecule has 3 heterocycles. The third kappa shape index (κ3) is 4.77. The molecule has 0 bridgehead atoms. The van der Waals surface area contributed by atoms with E-state index in [9.17, 15) is 9.59 Å². The lowest BCUT2D eigenvalue weighted by atomic mass is 10.0. The Bertz CT molecular complexity index is 2630. The van der Waals surface area contributed by atoms with Gasteiger partial charge < -0.3 is 4.57 Å². The molecule has 7 heteroatoms. The largest absolute Gasteiger partial charge is 0.308 e. The first-order chi connectivity index (χ1) is 24.9. The molecule has 0 N–H and O–H groups in total. The number of fused-ring (bicyclic) bond motifs is 4. The number of para-hydroxylation sites is 1. The second-order valence-corrected chi connectivity index (χ2v) is 13.0. The van der Waals surface area contributed by atoms with E-state index in [1.807, 2.05) is 142 Å². The normalized spacial score (nSPS) is 12.6. The highest BCUT2D eigenvalue weighted by Gasteiger charge is 2.40. The number of rotatable bonds is 5. The topological polar surface area (TPSA) is 81.0 Å². The van der Waals surface area contributed by atoms with Crippen molar-refractivity contribution in [2.75, 3.05) is 4.90 Å². The molecule has 0 spiro atoms. The molecule has 51 heavy (non-hydrogen) atoms. The van der Waals surface area contributed by atoms with Crippen molar-refractivity contribution >= 4 is 39.3 Å². The third-order valence-corrected chi connectivity index (χ3v) is 9.63. The zero-order chi connectivity index (χ0) is 34.8. The molecule has 9 rings (SSSR count). The van der Waals surface area contributed by atoms with Gasteiger partial charge in [-0.15, -0.1) is 0 Å². The number of aromatic nitrogens is 4. The highest BCUT2D eigenvalue weighted by Crippen LogP contribution is 2.42. The summed E-state index contributed by atoms with van der Waals surface area (Å²) in [5.41, 5.74) is 9.27. The number of hydrogen-bond donors (Lipinski definition) is 0. The van der Waals surface area contributed by atoms with Crippen molar-refractivity contribution in [2.45, 2.75) is 20.8 Å². The lowest BCUT2D eigenvalue weighted by Crippen LogP contribution is -2.31. The Morgan fingerprint density at radius 1 is 0.510 bits per heavy atom. The predicted molar refractivity (Wildman–Crippen MR) is 202 cm³/mol. The molecule has 7 nitrogen and oxygen atoms in total. The number of imide groups is 1. The lowest BCUT2D eigenvalue weighted by molar-refractivity contribution is 0.0925. The van der Waals surface area contributed by atoms with E-state index in [0.717, 1.165) is 55.2 Å². The fourth-order valence-electron chi connectivity index (χ4n) is 7.58. The SMILES string of the molecule is Cc1cc(C)c(N2C(=O)c3cccc(-n4c5ccccc5c5c(-c6nc(-c7ccccc7)nc(-c7ccccc7)n6)cccc54)c3C2=O)c(C)c1. The highest BCUT2D eigenvalue weighted by molar-refractivity contribution is 6.36. The maximum absolute atomic E-state index is 14.5. The number of benzene rings is 6. The van der Waals surface area contributed by atoms with E-state index in [4.69, 9.17) is 15.0 Å². The van der Waals surface area contributed by atoms with Crippen LogP contribution in [0.3, 0.4) is 0 Å². The van der Waals surface area contributed by atoms with E-state index in [1.54, 1.807) is 6.07 Å². The fraction of sp³-hybridized carbons (Fsp3) is 0.0682. The molecule has 1 aliphatic rings. The third-order valence-electron chi connectivity index (χ3n) is 9.63. The van der Waals surface area contributed by atoms with E-state index >= 15 is 0 Å². The number of amides is 2. The van der Waals surface area contributed by atoms with Gasteiger partial charge in [0.1, 0.15) is 0 Å². The molecule has 8 aromatic rings. The van der Waals surface area contributed by atoms with Crippen molar-refractivity contribution in [2.24, 2.45) is 0 Å². The van der Waals surface area contributed by atoms with Crippen molar-refractivity contribution in [1.82, 2.24) is 19.5 Å². The Hall–Kier alpha value is -6.73. The van der Waals surface area contributed by atoms with E-state index < -0.39 is 0 Å². The molecule has 0 atom stereocenters. The molecule has 244 valence electrons. The molecule has 0 fully saturated rings. The minimum Gasteiger partial charge on any atom is -0.308 e. The van der Waals surface area contributed by atoms with E-state index in [2.05, 4.69) is 10.6 Å². The molecule has 2 amide bonds. The van der Waals surface area contributed by atoms with Crippen molar-refractivity contribution in [3.63, 3.8) is 0 Å². The maximum atomic E-state index is 14.5. The second kappa shape index (κ2) is 11.7. The zero-order valence-electron chi connectivity index (χ0n) is 28.3. The van der Waals surface area contributed by atoms with Crippen LogP contribution in [0.2, 0.25) is 0 Å². The Morgan fingerprint density at radius 2 is 1.06 bits per heavy atom. The highest BCUT2D eigenvalue weighted by atomic mass is 16.2. The van der Waals surface area contributed by atoms with Gasteiger partial charge in [0.25, 0.3) is 11.8 Å². The molecule has 0 unspecified atom stereocenters. The number of carbonyl (C=O) groups is 2. The number of nitrogens with zero attached hydrogens (tertiary/aromatic N) is 5. The minimum atomic E-state index is -0.333. The van der Waals surface area contributed by atoms with Gasteiger partial charge in [0.2, 0.25) is 0 Å². The van der Waals surface area contributed by atoms with Crippen LogP contribution in [0.5, 0.6) is 0 Å². The maximum Gasteiger partial charge on any atom is 0.268 e. The molecule has 2 aromatic heterocycles. The number of hydrogen-bond acceptors (Lipinski definition) is 5. The van der Waals surface area contributed by atoms with Crippen LogP contribution >= 0.6 is 0 Å². The molecular formula is C44H31N5O2. The van der Waals surface area contributed by atoms with Crippen LogP contribution in [0.15, 0.2) is 133 Å². The molecule has 0 radical (unpaired) electrons. The quantitative estimate of drug-likeness (QED) is 0.172. The monoisotopic (exact) mass is 661 g/mol. The number of carbonyl (C=O) groups excluding carboxylic acids is 2. The average Bonchev–Trinajstić information content (AvgIpc) is 3.63. The summed E-state index contributed by atoms with van der Waals surface area (Å²) >= 11 is 0. The van der Waals surface area contributed by atoms with Gasteiger partial charge >= 0.3 is 0 Å². The summed E-state index contributed by atoms with van der Waals surface area (Å²) in [7, 11) is 0. The number of aryl methyl sites for hydroxylation is 3. The van der Waals surface area contributed by atoms with Gasteiger partial charge in [0.05, 0.1) is 33.5 Å². The van der Waals surface area contributed by atoms with Gasteiger partial charge in [-0.25, -0.2) is 19.9 Å². The first-order valence-electron chi connectivity index (χ1n) is 16.9. The summed E-state index contributed by atoms with van der Waals surface area (Å²) in [4.78, 5) is 44.9. The molecular weight excluding hydrogens is 631 g/mol. The molecule has 1 aliphatic heterocycles. The van der Waals surface area contributed by atoms with Crippen molar-refractivity contribution in [3.8, 4) is 39.9 Å². The molecule has 0 saturated heterocycles. The second-order valence-electron chi connectivity index (χ2n) is 13.0. The first-order valence-corrected chi connectivity index (χ1v) is 16.9. The molecule has 0 saturated carbocycles. The van der Waals surface area contributed by atoms with Crippen molar-refractivity contribution < 1.29 is 9.59 Å². The first kappa shape index (κ1) is 30.3.